The van der Waals surface area contributed by atoms with Gasteiger partial charge in [0.25, 0.3) is 0 Å². The van der Waals surface area contributed by atoms with Crippen LogP contribution in [0, 0.1) is 0 Å². The van der Waals surface area contributed by atoms with Crippen molar-refractivity contribution in [3.63, 3.8) is 0 Å². The molecule has 1 aromatic rings. The Bertz CT molecular complexity index is 672. The minimum absolute atomic E-state index is 0.0263. The fraction of sp³-hybridized carbons (Fsp3) is 0.455. The highest BCUT2D eigenvalue weighted by atomic mass is 35.5. The van der Waals surface area contributed by atoms with Crippen LogP contribution in [0.3, 0.4) is 0 Å². The fourth-order valence-corrected chi connectivity index (χ4v) is 4.15. The Morgan fingerprint density at radius 3 is 2.29 bits per heavy atom. The Labute approximate surface area is 128 Å². The van der Waals surface area contributed by atoms with Gasteiger partial charge in [-0.15, -0.1) is 0 Å². The molecule has 0 spiro atoms. The molecule has 0 saturated heterocycles. The number of aliphatic hydroxyl groups is 1. The lowest BCUT2D eigenvalue weighted by Gasteiger charge is -2.21. The fourth-order valence-electron chi connectivity index (χ4n) is 1.81. The average molecular weight is 364 g/mol. The number of sulfonamides is 1. The number of halogens is 5. The molecular formula is C11H10Cl2F3NO3S. The summed E-state index contributed by atoms with van der Waals surface area (Å²) in [4.78, 5) is -0.548. The van der Waals surface area contributed by atoms with Crippen molar-refractivity contribution in [1.29, 1.82) is 0 Å². The third kappa shape index (κ3) is 3.00. The predicted molar refractivity (Wildman–Crippen MR) is 70.7 cm³/mol. The van der Waals surface area contributed by atoms with E-state index in [0.29, 0.717) is 0 Å². The molecule has 2 rings (SSSR count). The third-order valence-electron chi connectivity index (χ3n) is 3.22. The van der Waals surface area contributed by atoms with Gasteiger partial charge in [-0.3, -0.25) is 0 Å². The van der Waals surface area contributed by atoms with Gasteiger partial charge in [-0.2, -0.15) is 17.9 Å². The highest BCUT2D eigenvalue weighted by Gasteiger charge is 2.65. The lowest BCUT2D eigenvalue weighted by atomic mass is 10.2. The van der Waals surface area contributed by atoms with Gasteiger partial charge in [-0.25, -0.2) is 8.42 Å². The van der Waals surface area contributed by atoms with Crippen molar-refractivity contribution in [3.05, 3.63) is 27.7 Å². The van der Waals surface area contributed by atoms with E-state index in [4.69, 9.17) is 28.3 Å². The maximum atomic E-state index is 12.8. The summed E-state index contributed by atoms with van der Waals surface area (Å²) in [6.07, 6.45) is -5.33. The average Bonchev–Trinajstić information content (AvgIpc) is 3.08. The van der Waals surface area contributed by atoms with Crippen LogP contribution >= 0.6 is 23.2 Å². The van der Waals surface area contributed by atoms with Crippen LogP contribution in [0.1, 0.15) is 18.4 Å². The van der Waals surface area contributed by atoms with Crippen LogP contribution in [0.5, 0.6) is 0 Å². The highest BCUT2D eigenvalue weighted by Crippen LogP contribution is 2.50. The Kier molecular flexibility index (Phi) is 4.23. The molecule has 1 fully saturated rings. The Morgan fingerprint density at radius 2 is 1.86 bits per heavy atom. The van der Waals surface area contributed by atoms with Crippen LogP contribution < -0.4 is 4.72 Å². The topological polar surface area (TPSA) is 66.4 Å². The molecule has 1 saturated carbocycles. The van der Waals surface area contributed by atoms with E-state index in [1.807, 2.05) is 0 Å². The first-order chi connectivity index (χ1) is 9.54. The number of hydrogen-bond acceptors (Lipinski definition) is 3. The Balaban J connectivity index is 2.43. The number of rotatable bonds is 4. The van der Waals surface area contributed by atoms with Gasteiger partial charge in [0, 0.05) is 10.6 Å². The van der Waals surface area contributed by atoms with E-state index >= 15 is 0 Å². The molecule has 0 bridgehead atoms. The van der Waals surface area contributed by atoms with E-state index < -0.39 is 38.3 Å². The van der Waals surface area contributed by atoms with E-state index in [2.05, 4.69) is 0 Å². The molecule has 2 N–H and O–H groups in total. The predicted octanol–water partition coefficient (Wildman–Crippen LogP) is 2.86. The van der Waals surface area contributed by atoms with Gasteiger partial charge >= 0.3 is 6.18 Å². The van der Waals surface area contributed by atoms with Crippen LogP contribution in [0.15, 0.2) is 17.0 Å². The normalized spacial score (nSPS) is 17.8. The molecule has 118 valence electrons. The lowest BCUT2D eigenvalue weighted by molar-refractivity contribution is -0.160. The first-order valence-corrected chi connectivity index (χ1v) is 7.96. The minimum atomic E-state index is -4.68. The van der Waals surface area contributed by atoms with E-state index in [1.165, 1.54) is 0 Å². The maximum Gasteiger partial charge on any atom is 0.407 e. The van der Waals surface area contributed by atoms with Gasteiger partial charge in [-0.1, -0.05) is 23.2 Å². The second kappa shape index (κ2) is 5.27. The zero-order chi connectivity index (χ0) is 16.1. The number of benzene rings is 1. The number of aliphatic hydroxyl groups excluding tert-OH is 1. The number of nitrogens with one attached hydrogen (secondary N) is 1. The van der Waals surface area contributed by atoms with Crippen LogP contribution in [0.25, 0.3) is 0 Å². The summed E-state index contributed by atoms with van der Waals surface area (Å²) in [7, 11) is -4.49. The molecule has 1 aliphatic rings. The summed E-state index contributed by atoms with van der Waals surface area (Å²) < 4.78 is 64.4. The van der Waals surface area contributed by atoms with E-state index in [1.54, 1.807) is 4.72 Å². The third-order valence-corrected chi connectivity index (χ3v) is 5.70. The van der Waals surface area contributed by atoms with Gasteiger partial charge in [-0.05, 0) is 25.0 Å². The molecule has 0 aromatic heterocycles. The van der Waals surface area contributed by atoms with Gasteiger partial charge in [0.1, 0.15) is 10.4 Å². The molecular weight excluding hydrogens is 354 g/mol. The summed E-state index contributed by atoms with van der Waals surface area (Å²) in [6.45, 7) is -0.633. The van der Waals surface area contributed by atoms with E-state index in [9.17, 15) is 21.6 Å². The summed E-state index contributed by atoms with van der Waals surface area (Å²) >= 11 is 11.5. The van der Waals surface area contributed by atoms with Crippen molar-refractivity contribution >= 4 is 33.2 Å². The zero-order valence-electron chi connectivity index (χ0n) is 10.3. The molecule has 0 atom stereocenters. The van der Waals surface area contributed by atoms with Gasteiger partial charge in [0.2, 0.25) is 10.0 Å². The van der Waals surface area contributed by atoms with E-state index in [-0.39, 0.29) is 23.4 Å². The first kappa shape index (κ1) is 16.8. The largest absolute Gasteiger partial charge is 0.407 e. The summed E-state index contributed by atoms with van der Waals surface area (Å²) in [5.74, 6) is 0. The van der Waals surface area contributed by atoms with Crippen molar-refractivity contribution in [2.24, 2.45) is 0 Å². The maximum absolute atomic E-state index is 12.8. The van der Waals surface area contributed by atoms with Gasteiger partial charge in [0.05, 0.1) is 11.6 Å². The molecule has 4 nitrogen and oxygen atoms in total. The summed E-state index contributed by atoms with van der Waals surface area (Å²) in [5.41, 5.74) is -2.49. The molecule has 0 radical (unpaired) electrons. The quantitative estimate of drug-likeness (QED) is 0.864. The molecule has 1 aliphatic carbocycles. The minimum Gasteiger partial charge on any atom is -0.392 e. The molecule has 0 unspecified atom stereocenters. The van der Waals surface area contributed by atoms with Crippen LogP contribution in [0.2, 0.25) is 10.0 Å². The van der Waals surface area contributed by atoms with Gasteiger partial charge in [0.15, 0.2) is 0 Å². The Hall–Kier alpha value is -0.540. The molecule has 0 amide bonds. The van der Waals surface area contributed by atoms with Crippen molar-refractivity contribution in [2.75, 3.05) is 0 Å². The van der Waals surface area contributed by atoms with Gasteiger partial charge < -0.3 is 5.11 Å². The van der Waals surface area contributed by atoms with Crippen molar-refractivity contribution in [3.8, 4) is 0 Å². The van der Waals surface area contributed by atoms with Crippen molar-refractivity contribution in [2.45, 2.75) is 36.1 Å². The van der Waals surface area contributed by atoms with Crippen LogP contribution in [-0.4, -0.2) is 25.2 Å². The van der Waals surface area contributed by atoms with E-state index in [0.717, 1.165) is 12.1 Å². The van der Waals surface area contributed by atoms with Crippen LogP contribution in [0.4, 0.5) is 13.2 Å². The summed E-state index contributed by atoms with van der Waals surface area (Å²) in [6, 6.07) is 2.15. The Morgan fingerprint density at radius 1 is 1.29 bits per heavy atom. The standard InChI is InChI=1S/C11H10Cl2F3NO3S/c12-7-1-2-8(9(13)6(7)5-18)21(19,20)17-10(3-4-10)11(14,15)16/h1-2,17-18H,3-5H2. The second-order valence-corrected chi connectivity index (χ2v) is 7.12. The molecule has 10 heteroatoms. The smallest absolute Gasteiger partial charge is 0.392 e. The molecule has 0 aliphatic heterocycles. The second-order valence-electron chi connectivity index (χ2n) is 4.68. The molecule has 0 heterocycles. The molecule has 21 heavy (non-hydrogen) atoms. The monoisotopic (exact) mass is 363 g/mol. The lowest BCUT2D eigenvalue weighted by Crippen LogP contribution is -2.47. The van der Waals surface area contributed by atoms with Crippen molar-refractivity contribution in [1.82, 2.24) is 4.72 Å². The summed E-state index contributed by atoms with van der Waals surface area (Å²) in [5, 5.41) is 8.73. The SMILES string of the molecule is O=S(=O)(NC1(C(F)(F)F)CC1)c1ccc(Cl)c(CO)c1Cl. The molecule has 1 aromatic carbocycles. The zero-order valence-corrected chi connectivity index (χ0v) is 12.7. The highest BCUT2D eigenvalue weighted by molar-refractivity contribution is 7.89. The number of hydrogen-bond donors (Lipinski definition) is 2. The van der Waals surface area contributed by atoms with Crippen molar-refractivity contribution < 1.29 is 26.7 Å². The van der Waals surface area contributed by atoms with Crippen LogP contribution in [-0.2, 0) is 16.6 Å². The first-order valence-electron chi connectivity index (χ1n) is 5.72. The number of alkyl halides is 3.